The second kappa shape index (κ2) is 8.50. The molecule has 1 fully saturated rings. The van der Waals surface area contributed by atoms with E-state index in [1.807, 2.05) is 31.4 Å². The van der Waals surface area contributed by atoms with Crippen LogP contribution in [0.15, 0.2) is 34.5 Å². The number of carbonyl (C=O) groups excluding carboxylic acids is 1. The van der Waals surface area contributed by atoms with E-state index in [-0.39, 0.29) is 5.91 Å². The predicted molar refractivity (Wildman–Crippen MR) is 106 cm³/mol. The lowest BCUT2D eigenvalue weighted by atomic mass is 10.2. The topological polar surface area (TPSA) is 79.4 Å². The monoisotopic (exact) mass is 407 g/mol. The SMILES string of the molecule is CCc1ccccc1S(=O)(=O)N1CCC[C@@H]1C(=O)NCCc1csc(C)n1. The van der Waals surface area contributed by atoms with E-state index >= 15 is 0 Å². The van der Waals surface area contributed by atoms with Crippen molar-refractivity contribution in [3.05, 3.63) is 45.9 Å². The Kier molecular flexibility index (Phi) is 6.29. The van der Waals surface area contributed by atoms with E-state index < -0.39 is 16.1 Å². The van der Waals surface area contributed by atoms with Crippen LogP contribution in [0, 0.1) is 6.92 Å². The van der Waals surface area contributed by atoms with Crippen LogP contribution in [0.3, 0.4) is 0 Å². The van der Waals surface area contributed by atoms with E-state index in [0.29, 0.717) is 43.7 Å². The van der Waals surface area contributed by atoms with Crippen molar-refractivity contribution in [3.8, 4) is 0 Å². The van der Waals surface area contributed by atoms with Gasteiger partial charge in [0, 0.05) is 24.9 Å². The molecule has 0 aliphatic carbocycles. The lowest BCUT2D eigenvalue weighted by Crippen LogP contribution is -2.46. The summed E-state index contributed by atoms with van der Waals surface area (Å²) in [6, 6.07) is 6.39. The molecule has 1 N–H and O–H groups in total. The smallest absolute Gasteiger partial charge is 0.244 e. The van der Waals surface area contributed by atoms with Gasteiger partial charge < -0.3 is 5.32 Å². The Morgan fingerprint density at radius 1 is 1.37 bits per heavy atom. The van der Waals surface area contributed by atoms with Gasteiger partial charge in [-0.3, -0.25) is 4.79 Å². The van der Waals surface area contributed by atoms with Gasteiger partial charge in [-0.15, -0.1) is 11.3 Å². The van der Waals surface area contributed by atoms with Gasteiger partial charge in [0.05, 0.1) is 15.6 Å². The summed E-state index contributed by atoms with van der Waals surface area (Å²) in [4.78, 5) is 17.3. The first-order valence-corrected chi connectivity index (χ1v) is 11.5. The maximum absolute atomic E-state index is 13.2. The molecule has 1 aliphatic heterocycles. The summed E-state index contributed by atoms with van der Waals surface area (Å²) >= 11 is 1.58. The number of amides is 1. The molecule has 3 rings (SSSR count). The van der Waals surface area contributed by atoms with E-state index in [2.05, 4.69) is 10.3 Å². The molecule has 146 valence electrons. The molecule has 0 bridgehead atoms. The number of aryl methyl sites for hydroxylation is 2. The maximum Gasteiger partial charge on any atom is 0.244 e. The summed E-state index contributed by atoms with van der Waals surface area (Å²) in [5.41, 5.74) is 1.73. The molecule has 2 heterocycles. The van der Waals surface area contributed by atoms with E-state index in [0.717, 1.165) is 16.3 Å². The number of carbonyl (C=O) groups is 1. The average Bonchev–Trinajstić information content (AvgIpc) is 3.31. The fourth-order valence-electron chi connectivity index (χ4n) is 3.42. The highest BCUT2D eigenvalue weighted by atomic mass is 32.2. The molecule has 1 aliphatic rings. The highest BCUT2D eigenvalue weighted by molar-refractivity contribution is 7.89. The zero-order valence-corrected chi connectivity index (χ0v) is 17.3. The van der Waals surface area contributed by atoms with Crippen molar-refractivity contribution in [1.29, 1.82) is 0 Å². The Morgan fingerprint density at radius 3 is 2.85 bits per heavy atom. The predicted octanol–water partition coefficient (Wildman–Crippen LogP) is 2.53. The van der Waals surface area contributed by atoms with Crippen LogP contribution in [0.4, 0.5) is 0 Å². The van der Waals surface area contributed by atoms with Crippen molar-refractivity contribution in [2.75, 3.05) is 13.1 Å². The summed E-state index contributed by atoms with van der Waals surface area (Å²) in [5, 5.41) is 5.86. The van der Waals surface area contributed by atoms with Crippen molar-refractivity contribution in [2.45, 2.75) is 50.5 Å². The van der Waals surface area contributed by atoms with Crippen LogP contribution in [0.1, 0.15) is 36.0 Å². The molecule has 1 amide bonds. The van der Waals surface area contributed by atoms with Gasteiger partial charge in [0.1, 0.15) is 6.04 Å². The minimum Gasteiger partial charge on any atom is -0.354 e. The fraction of sp³-hybridized carbons (Fsp3) is 0.474. The van der Waals surface area contributed by atoms with Crippen LogP contribution in [-0.4, -0.2) is 42.7 Å². The molecule has 1 saturated heterocycles. The first-order chi connectivity index (χ1) is 12.9. The molecule has 0 unspecified atom stereocenters. The molecular formula is C19H25N3O3S2. The van der Waals surface area contributed by atoms with Crippen molar-refractivity contribution in [2.24, 2.45) is 0 Å². The first-order valence-electron chi connectivity index (χ1n) is 9.22. The normalized spacial score (nSPS) is 17.9. The summed E-state index contributed by atoms with van der Waals surface area (Å²) in [6.07, 6.45) is 2.52. The lowest BCUT2D eigenvalue weighted by Gasteiger charge is -2.24. The van der Waals surface area contributed by atoms with Crippen LogP contribution in [0.25, 0.3) is 0 Å². The van der Waals surface area contributed by atoms with Gasteiger partial charge in [-0.25, -0.2) is 13.4 Å². The Bertz CT molecular complexity index is 908. The third kappa shape index (κ3) is 4.39. The van der Waals surface area contributed by atoms with Gasteiger partial charge in [-0.05, 0) is 37.8 Å². The summed E-state index contributed by atoms with van der Waals surface area (Å²) < 4.78 is 27.7. The number of nitrogens with one attached hydrogen (secondary N) is 1. The second-order valence-electron chi connectivity index (χ2n) is 6.63. The number of aromatic nitrogens is 1. The minimum atomic E-state index is -3.69. The quantitative estimate of drug-likeness (QED) is 0.765. The number of benzene rings is 1. The van der Waals surface area contributed by atoms with Crippen molar-refractivity contribution < 1.29 is 13.2 Å². The van der Waals surface area contributed by atoms with Crippen LogP contribution >= 0.6 is 11.3 Å². The van der Waals surface area contributed by atoms with Crippen molar-refractivity contribution in [3.63, 3.8) is 0 Å². The summed E-state index contributed by atoms with van der Waals surface area (Å²) in [5.74, 6) is -0.225. The molecule has 0 spiro atoms. The number of thiazole rings is 1. The summed E-state index contributed by atoms with van der Waals surface area (Å²) in [6.45, 7) is 4.71. The van der Waals surface area contributed by atoms with Gasteiger partial charge in [0.2, 0.25) is 15.9 Å². The zero-order chi connectivity index (χ0) is 19.4. The standard InChI is InChI=1S/C19H25N3O3S2/c1-3-15-7-4-5-9-18(15)27(24,25)22-12-6-8-17(22)19(23)20-11-10-16-13-26-14(2)21-16/h4-5,7,9,13,17H,3,6,8,10-12H2,1-2H3,(H,20,23)/t17-/m1/s1. The number of hydrogen-bond acceptors (Lipinski definition) is 5. The van der Waals surface area contributed by atoms with Crippen LogP contribution < -0.4 is 5.32 Å². The van der Waals surface area contributed by atoms with E-state index in [1.54, 1.807) is 23.5 Å². The van der Waals surface area contributed by atoms with Gasteiger partial charge in [-0.2, -0.15) is 4.31 Å². The number of nitrogens with zero attached hydrogens (tertiary/aromatic N) is 2. The van der Waals surface area contributed by atoms with Gasteiger partial charge >= 0.3 is 0 Å². The molecule has 1 aromatic carbocycles. The van der Waals surface area contributed by atoms with Crippen LogP contribution in [-0.2, 0) is 27.7 Å². The molecule has 1 aromatic heterocycles. The molecule has 2 aromatic rings. The Labute approximate surface area is 164 Å². The third-order valence-corrected chi connectivity index (χ3v) is 7.62. The fourth-order valence-corrected chi connectivity index (χ4v) is 6.02. The highest BCUT2D eigenvalue weighted by Crippen LogP contribution is 2.28. The molecule has 0 radical (unpaired) electrons. The summed E-state index contributed by atoms with van der Waals surface area (Å²) in [7, 11) is -3.69. The Hall–Kier alpha value is -1.77. The minimum absolute atomic E-state index is 0.225. The van der Waals surface area contributed by atoms with Gasteiger partial charge in [0.15, 0.2) is 0 Å². The van der Waals surface area contributed by atoms with Crippen molar-refractivity contribution >= 4 is 27.3 Å². The van der Waals surface area contributed by atoms with Crippen molar-refractivity contribution in [1.82, 2.24) is 14.6 Å². The molecule has 1 atom stereocenters. The molecular weight excluding hydrogens is 382 g/mol. The maximum atomic E-state index is 13.2. The molecule has 8 heteroatoms. The third-order valence-electron chi connectivity index (χ3n) is 4.79. The zero-order valence-electron chi connectivity index (χ0n) is 15.6. The Morgan fingerprint density at radius 2 is 2.15 bits per heavy atom. The molecule has 27 heavy (non-hydrogen) atoms. The van der Waals surface area contributed by atoms with E-state index in [1.165, 1.54) is 4.31 Å². The number of rotatable bonds is 7. The molecule has 0 saturated carbocycles. The first kappa shape index (κ1) is 20.0. The van der Waals surface area contributed by atoms with E-state index in [4.69, 9.17) is 0 Å². The molecule has 6 nitrogen and oxygen atoms in total. The van der Waals surface area contributed by atoms with E-state index in [9.17, 15) is 13.2 Å². The number of hydrogen-bond donors (Lipinski definition) is 1. The Balaban J connectivity index is 1.69. The van der Waals surface area contributed by atoms with Gasteiger partial charge in [0.25, 0.3) is 0 Å². The lowest BCUT2D eigenvalue weighted by molar-refractivity contribution is -0.124. The second-order valence-corrected chi connectivity index (χ2v) is 9.56. The van der Waals surface area contributed by atoms with Gasteiger partial charge in [-0.1, -0.05) is 25.1 Å². The van der Waals surface area contributed by atoms with Crippen LogP contribution in [0.2, 0.25) is 0 Å². The highest BCUT2D eigenvalue weighted by Gasteiger charge is 2.39. The number of sulfonamides is 1. The largest absolute Gasteiger partial charge is 0.354 e. The average molecular weight is 408 g/mol. The van der Waals surface area contributed by atoms with Crippen LogP contribution in [0.5, 0.6) is 0 Å².